The Morgan fingerprint density at radius 1 is 1.09 bits per heavy atom. The number of hydrogen-bond acceptors (Lipinski definition) is 3. The summed E-state index contributed by atoms with van der Waals surface area (Å²) in [6, 6.07) is 10.5. The van der Waals surface area contributed by atoms with Crippen molar-refractivity contribution >= 4 is 6.03 Å². The number of carbonyl (C=O) groups is 1. The number of aryl methyl sites for hydroxylation is 1. The van der Waals surface area contributed by atoms with Crippen LogP contribution in [-0.4, -0.2) is 22.1 Å². The highest BCUT2D eigenvalue weighted by molar-refractivity contribution is 5.73. The molecule has 0 aliphatic rings. The minimum atomic E-state index is -0.206. The van der Waals surface area contributed by atoms with Gasteiger partial charge in [0.05, 0.1) is 12.2 Å². The van der Waals surface area contributed by atoms with Crippen LogP contribution in [0.2, 0.25) is 0 Å². The fourth-order valence-corrected chi connectivity index (χ4v) is 1.99. The maximum absolute atomic E-state index is 11.6. The molecule has 0 aliphatic carbocycles. The zero-order valence-electron chi connectivity index (χ0n) is 12.4. The lowest BCUT2D eigenvalue weighted by Gasteiger charge is -2.08. The van der Waals surface area contributed by atoms with Crippen molar-refractivity contribution in [3.8, 4) is 0 Å². The number of pyridine rings is 2. The Balaban J connectivity index is 1.58. The lowest BCUT2D eigenvalue weighted by atomic mass is 10.3. The largest absolute Gasteiger partial charge is 0.338 e. The van der Waals surface area contributed by atoms with Crippen LogP contribution in [0.1, 0.15) is 18.5 Å². The summed E-state index contributed by atoms with van der Waals surface area (Å²) in [5.41, 5.74) is 0.824. The van der Waals surface area contributed by atoms with E-state index >= 15 is 0 Å². The van der Waals surface area contributed by atoms with Crippen molar-refractivity contribution in [3.63, 3.8) is 0 Å². The SMILES string of the molecule is O=C(NCCCCn1ccccc1=O)NCc1ccccn1. The molecular weight excluding hydrogens is 280 g/mol. The minimum Gasteiger partial charge on any atom is -0.338 e. The number of unbranched alkanes of at least 4 members (excludes halogenated alkanes) is 1. The van der Waals surface area contributed by atoms with Crippen LogP contribution >= 0.6 is 0 Å². The van der Waals surface area contributed by atoms with Gasteiger partial charge in [0.1, 0.15) is 0 Å². The molecule has 6 heteroatoms. The maximum atomic E-state index is 11.6. The molecule has 0 fully saturated rings. The molecule has 2 aromatic heterocycles. The number of rotatable bonds is 7. The highest BCUT2D eigenvalue weighted by Crippen LogP contribution is 1.93. The molecular formula is C16H20N4O2. The molecule has 2 N–H and O–H groups in total. The lowest BCUT2D eigenvalue weighted by Crippen LogP contribution is -2.35. The first-order valence-electron chi connectivity index (χ1n) is 7.33. The Bertz CT molecular complexity index is 640. The molecule has 0 aromatic carbocycles. The first-order valence-corrected chi connectivity index (χ1v) is 7.33. The molecule has 0 spiro atoms. The minimum absolute atomic E-state index is 0.00330. The van der Waals surface area contributed by atoms with E-state index in [1.165, 1.54) is 0 Å². The van der Waals surface area contributed by atoms with E-state index < -0.39 is 0 Å². The lowest BCUT2D eigenvalue weighted by molar-refractivity contribution is 0.240. The molecule has 0 aliphatic heterocycles. The van der Waals surface area contributed by atoms with Gasteiger partial charge in [-0.05, 0) is 31.0 Å². The monoisotopic (exact) mass is 300 g/mol. The summed E-state index contributed by atoms with van der Waals surface area (Å²) in [5, 5.41) is 5.54. The molecule has 2 aromatic rings. The van der Waals surface area contributed by atoms with Crippen molar-refractivity contribution in [2.24, 2.45) is 0 Å². The van der Waals surface area contributed by atoms with E-state index in [4.69, 9.17) is 0 Å². The normalized spacial score (nSPS) is 10.2. The zero-order valence-corrected chi connectivity index (χ0v) is 12.4. The third kappa shape index (κ3) is 5.40. The summed E-state index contributed by atoms with van der Waals surface area (Å²) in [4.78, 5) is 27.2. The molecule has 0 saturated carbocycles. The van der Waals surface area contributed by atoms with Gasteiger partial charge in [-0.15, -0.1) is 0 Å². The molecule has 6 nitrogen and oxygen atoms in total. The second-order valence-electron chi connectivity index (χ2n) is 4.87. The van der Waals surface area contributed by atoms with Crippen molar-refractivity contribution in [1.82, 2.24) is 20.2 Å². The van der Waals surface area contributed by atoms with Crippen molar-refractivity contribution in [3.05, 3.63) is 64.8 Å². The summed E-state index contributed by atoms with van der Waals surface area (Å²) >= 11 is 0. The molecule has 0 unspecified atom stereocenters. The van der Waals surface area contributed by atoms with Gasteiger partial charge in [-0.3, -0.25) is 9.78 Å². The number of nitrogens with zero attached hydrogens (tertiary/aromatic N) is 2. The van der Waals surface area contributed by atoms with Crippen molar-refractivity contribution in [1.29, 1.82) is 0 Å². The fourth-order valence-electron chi connectivity index (χ4n) is 1.99. The Morgan fingerprint density at radius 3 is 2.73 bits per heavy atom. The standard InChI is InChI=1S/C16H20N4O2/c21-15-8-2-5-11-20(15)12-6-4-10-18-16(22)19-13-14-7-1-3-9-17-14/h1-3,5,7-9,11H,4,6,10,12-13H2,(H2,18,19,22). The van der Waals surface area contributed by atoms with E-state index in [0.717, 1.165) is 18.5 Å². The van der Waals surface area contributed by atoms with Crippen LogP contribution in [0.4, 0.5) is 4.79 Å². The predicted octanol–water partition coefficient (Wildman–Crippen LogP) is 1.52. The van der Waals surface area contributed by atoms with Crippen LogP contribution in [-0.2, 0) is 13.1 Å². The maximum Gasteiger partial charge on any atom is 0.315 e. The topological polar surface area (TPSA) is 76.0 Å². The van der Waals surface area contributed by atoms with Crippen molar-refractivity contribution < 1.29 is 4.79 Å². The van der Waals surface area contributed by atoms with Crippen molar-refractivity contribution in [2.75, 3.05) is 6.54 Å². The highest BCUT2D eigenvalue weighted by atomic mass is 16.2. The molecule has 2 rings (SSSR count). The number of aromatic nitrogens is 2. The number of urea groups is 1. The molecule has 0 radical (unpaired) electrons. The van der Waals surface area contributed by atoms with Crippen molar-refractivity contribution in [2.45, 2.75) is 25.9 Å². The van der Waals surface area contributed by atoms with Gasteiger partial charge < -0.3 is 15.2 Å². The van der Waals surface area contributed by atoms with Gasteiger partial charge in [0.25, 0.3) is 0 Å². The first-order chi connectivity index (χ1) is 10.8. The Hall–Kier alpha value is -2.63. The van der Waals surface area contributed by atoms with Gasteiger partial charge in [0.15, 0.2) is 0 Å². The third-order valence-electron chi connectivity index (χ3n) is 3.17. The van der Waals surface area contributed by atoms with Gasteiger partial charge in [0.2, 0.25) is 5.56 Å². The fraction of sp³-hybridized carbons (Fsp3) is 0.312. The van der Waals surface area contributed by atoms with E-state index in [2.05, 4.69) is 15.6 Å². The molecule has 0 bridgehead atoms. The summed E-state index contributed by atoms with van der Waals surface area (Å²) < 4.78 is 1.67. The Morgan fingerprint density at radius 2 is 1.95 bits per heavy atom. The van der Waals surface area contributed by atoms with Crippen LogP contribution in [0, 0.1) is 0 Å². The molecule has 2 heterocycles. The second-order valence-corrected chi connectivity index (χ2v) is 4.87. The average Bonchev–Trinajstić information content (AvgIpc) is 2.55. The Labute approximate surface area is 129 Å². The third-order valence-corrected chi connectivity index (χ3v) is 3.17. The first kappa shape index (κ1) is 15.8. The molecule has 22 heavy (non-hydrogen) atoms. The summed E-state index contributed by atoms with van der Waals surface area (Å²) in [7, 11) is 0. The van der Waals surface area contributed by atoms with Crippen LogP contribution in [0.25, 0.3) is 0 Å². The molecule has 0 saturated heterocycles. The molecule has 2 amide bonds. The van der Waals surface area contributed by atoms with E-state index in [1.807, 2.05) is 24.3 Å². The Kier molecular flexibility index (Phi) is 6.17. The summed E-state index contributed by atoms with van der Waals surface area (Å²) in [5.74, 6) is 0. The average molecular weight is 300 g/mol. The van der Waals surface area contributed by atoms with Crippen LogP contribution in [0.15, 0.2) is 53.6 Å². The summed E-state index contributed by atoms with van der Waals surface area (Å²) in [6.07, 6.45) is 5.12. The number of hydrogen-bond donors (Lipinski definition) is 2. The van der Waals surface area contributed by atoms with Crippen LogP contribution < -0.4 is 16.2 Å². The smallest absolute Gasteiger partial charge is 0.315 e. The van der Waals surface area contributed by atoms with Crippen LogP contribution in [0.3, 0.4) is 0 Å². The van der Waals surface area contributed by atoms with Gasteiger partial charge in [-0.2, -0.15) is 0 Å². The zero-order chi connectivity index (χ0) is 15.6. The predicted molar refractivity (Wildman–Crippen MR) is 84.4 cm³/mol. The highest BCUT2D eigenvalue weighted by Gasteiger charge is 2.00. The number of amides is 2. The second kappa shape index (κ2) is 8.61. The molecule has 0 atom stereocenters. The quantitative estimate of drug-likeness (QED) is 0.761. The summed E-state index contributed by atoms with van der Waals surface area (Å²) in [6.45, 7) is 1.65. The number of carbonyl (C=O) groups excluding carboxylic acids is 1. The van der Waals surface area contributed by atoms with Gasteiger partial charge in [0, 0.05) is 31.5 Å². The van der Waals surface area contributed by atoms with E-state index in [1.54, 1.807) is 29.1 Å². The van der Waals surface area contributed by atoms with Gasteiger partial charge in [-0.25, -0.2) is 4.79 Å². The van der Waals surface area contributed by atoms with Gasteiger partial charge >= 0.3 is 6.03 Å². The van der Waals surface area contributed by atoms with E-state index in [9.17, 15) is 9.59 Å². The van der Waals surface area contributed by atoms with E-state index in [0.29, 0.717) is 19.6 Å². The van der Waals surface area contributed by atoms with E-state index in [-0.39, 0.29) is 11.6 Å². The molecule has 116 valence electrons. The number of nitrogens with one attached hydrogen (secondary N) is 2. The van der Waals surface area contributed by atoms with Gasteiger partial charge in [-0.1, -0.05) is 12.1 Å². The van der Waals surface area contributed by atoms with Crippen LogP contribution in [0.5, 0.6) is 0 Å².